The van der Waals surface area contributed by atoms with Crippen molar-refractivity contribution in [3.63, 3.8) is 0 Å². The van der Waals surface area contributed by atoms with Gasteiger partial charge in [-0.2, -0.15) is 0 Å². The first-order valence-corrected chi connectivity index (χ1v) is 15.8. The van der Waals surface area contributed by atoms with Crippen molar-refractivity contribution < 1.29 is 39.9 Å². The van der Waals surface area contributed by atoms with Crippen LogP contribution in [-0.4, -0.2) is 151 Å². The number of unbranched alkanes of at least 4 members (excludes halogenated alkanes) is 4. The standard InChI is InChI=1S/2C16H30N2O4.Ca/c2*1-3-4-5-6-7-8-15(20)17-10-12-18(13-14(2)19)11-9-16(21)22;/h2*3-4,14,19H,5-13H2,1-2H3,(H,17,20)(H,21,22);/q;;+2/p-2/b2*4-3+;. The molecule has 12 nitrogen and oxygen atoms in total. The summed E-state index contributed by atoms with van der Waals surface area (Å²) < 4.78 is 0. The number of aliphatic carboxylic acids is 2. The number of hydrogen-bond donors (Lipinski definition) is 4. The molecule has 0 heterocycles. The van der Waals surface area contributed by atoms with E-state index in [2.05, 4.69) is 22.5 Å². The van der Waals surface area contributed by atoms with E-state index in [1.807, 2.05) is 30.9 Å². The molecule has 0 aliphatic rings. The number of aliphatic hydroxyl groups is 2. The van der Waals surface area contributed by atoms with Crippen LogP contribution in [0.15, 0.2) is 29.3 Å². The molecule has 0 aromatic heterocycles. The van der Waals surface area contributed by atoms with Crippen molar-refractivity contribution in [1.82, 2.24) is 15.1 Å². The summed E-state index contributed by atoms with van der Waals surface area (Å²) >= 11 is 0. The van der Waals surface area contributed by atoms with Crippen molar-refractivity contribution in [2.24, 2.45) is 4.99 Å². The second kappa shape index (κ2) is 33.8. The van der Waals surface area contributed by atoms with Crippen LogP contribution in [-0.2, 0) is 14.4 Å². The van der Waals surface area contributed by atoms with E-state index < -0.39 is 24.1 Å². The van der Waals surface area contributed by atoms with Crippen LogP contribution in [0.4, 0.5) is 0 Å². The molecule has 13 heteroatoms. The van der Waals surface area contributed by atoms with E-state index in [1.54, 1.807) is 18.7 Å². The van der Waals surface area contributed by atoms with Crippen LogP contribution in [0.5, 0.6) is 0 Å². The Morgan fingerprint density at radius 2 is 1.29 bits per heavy atom. The van der Waals surface area contributed by atoms with E-state index >= 15 is 0 Å². The normalized spacial score (nSPS) is 13.0. The molecule has 0 fully saturated rings. The molecule has 0 aliphatic carbocycles. The van der Waals surface area contributed by atoms with Gasteiger partial charge >= 0.3 is 43.7 Å². The zero-order valence-corrected chi connectivity index (χ0v) is 30.3. The number of allylic oxidation sites excluding steroid dienone is 4. The fraction of sp³-hybridized carbons (Fsp3) is 0.750. The minimum absolute atomic E-state index is 0. The number of nitrogens with one attached hydrogen (secondary N) is 1. The summed E-state index contributed by atoms with van der Waals surface area (Å²) in [6, 6.07) is 0. The topological polar surface area (TPSA) is 189 Å². The maximum Gasteiger partial charge on any atom is 2.00 e. The van der Waals surface area contributed by atoms with E-state index in [1.165, 1.54) is 0 Å². The summed E-state index contributed by atoms with van der Waals surface area (Å²) in [5.41, 5.74) is 0. The number of carboxylic acid groups (broad SMARTS) is 2. The minimum Gasteiger partial charge on any atom is -0.862 e. The van der Waals surface area contributed by atoms with Crippen molar-refractivity contribution in [2.45, 2.75) is 104 Å². The van der Waals surface area contributed by atoms with Crippen molar-refractivity contribution in [1.29, 1.82) is 0 Å². The van der Waals surface area contributed by atoms with E-state index in [-0.39, 0.29) is 62.4 Å². The molecule has 0 aromatic carbocycles. The number of carbonyl (C=O) groups is 3. The largest absolute Gasteiger partial charge is 2.00 e. The van der Waals surface area contributed by atoms with Gasteiger partial charge in [-0.15, -0.1) is 0 Å². The quantitative estimate of drug-likeness (QED) is 0.0337. The van der Waals surface area contributed by atoms with Gasteiger partial charge in [0.05, 0.1) is 25.2 Å². The van der Waals surface area contributed by atoms with E-state index in [9.17, 15) is 34.8 Å². The zero-order chi connectivity index (χ0) is 33.6. The molecule has 4 N–H and O–H groups in total. The third kappa shape index (κ3) is 38.6. The number of aliphatic imine (C=N–C) groups is 1. The van der Waals surface area contributed by atoms with E-state index in [0.717, 1.165) is 38.5 Å². The first-order valence-electron chi connectivity index (χ1n) is 15.8. The number of amides is 1. The fourth-order valence-electron chi connectivity index (χ4n) is 4.10. The number of carboxylic acids is 2. The predicted molar refractivity (Wildman–Crippen MR) is 176 cm³/mol. The Morgan fingerprint density at radius 1 is 0.778 bits per heavy atom. The zero-order valence-electron chi connectivity index (χ0n) is 28.1. The average molecular weight is 667 g/mol. The molecule has 45 heavy (non-hydrogen) atoms. The fourth-order valence-corrected chi connectivity index (χ4v) is 4.10. The molecule has 0 saturated heterocycles. The Balaban J connectivity index is -0.000000767. The van der Waals surface area contributed by atoms with Crippen molar-refractivity contribution in [2.75, 3.05) is 52.4 Å². The molecule has 0 spiro atoms. The van der Waals surface area contributed by atoms with Crippen LogP contribution in [0, 0.1) is 0 Å². The molecule has 1 amide bonds. The van der Waals surface area contributed by atoms with Gasteiger partial charge in [0, 0.05) is 58.2 Å². The Morgan fingerprint density at radius 3 is 1.78 bits per heavy atom. The summed E-state index contributed by atoms with van der Waals surface area (Å²) in [7, 11) is 0. The molecule has 2 atom stereocenters. The minimum atomic E-state index is -1.12. The van der Waals surface area contributed by atoms with Gasteiger partial charge in [0.2, 0.25) is 5.91 Å². The van der Waals surface area contributed by atoms with Gasteiger partial charge in [-0.3, -0.25) is 19.4 Å². The molecular weight excluding hydrogens is 608 g/mol. The SMILES string of the molecule is C/C=C/CCCCC(=O)NCCN(CCC(=O)O)CC(C)O.C/C=C/CCCCC([O-])=NCCN(CCC(=O)[O-])CC(C)O.[Ca+2]. The van der Waals surface area contributed by atoms with Crippen LogP contribution >= 0.6 is 0 Å². The van der Waals surface area contributed by atoms with Crippen LogP contribution in [0.3, 0.4) is 0 Å². The second-order valence-electron chi connectivity index (χ2n) is 10.8. The Hall–Kier alpha value is -1.54. The number of nitrogens with zero attached hydrogens (tertiary/aromatic N) is 3. The Labute approximate surface area is 300 Å². The van der Waals surface area contributed by atoms with E-state index in [4.69, 9.17) is 5.11 Å². The van der Waals surface area contributed by atoms with Crippen molar-refractivity contribution >= 4 is 61.5 Å². The summed E-state index contributed by atoms with van der Waals surface area (Å²) in [4.78, 5) is 40.3. The molecule has 2 unspecified atom stereocenters. The van der Waals surface area contributed by atoms with Crippen LogP contribution in [0.2, 0.25) is 0 Å². The molecule has 256 valence electrons. The van der Waals surface area contributed by atoms with Crippen LogP contribution in [0.1, 0.15) is 91.9 Å². The van der Waals surface area contributed by atoms with Gasteiger partial charge in [0.1, 0.15) is 0 Å². The van der Waals surface area contributed by atoms with Gasteiger partial charge < -0.3 is 40.6 Å². The molecule has 0 aromatic rings. The van der Waals surface area contributed by atoms with Crippen LogP contribution < -0.4 is 15.5 Å². The third-order valence-electron chi connectivity index (χ3n) is 6.28. The van der Waals surface area contributed by atoms with Crippen molar-refractivity contribution in [3.8, 4) is 0 Å². The Bertz CT molecular complexity index is 838. The first-order chi connectivity index (χ1) is 20.9. The maximum atomic E-state index is 11.7. The maximum absolute atomic E-state index is 11.7. The summed E-state index contributed by atoms with van der Waals surface area (Å²) in [6.07, 6.45) is 13.7. The predicted octanol–water partition coefficient (Wildman–Crippen LogP) is 0.720. The third-order valence-corrected chi connectivity index (χ3v) is 6.28. The Kier molecular flexibility index (Phi) is 36.0. The smallest absolute Gasteiger partial charge is 0.862 e. The molecule has 0 saturated carbocycles. The molecular formula is C32H58CaN4O8. The second-order valence-corrected chi connectivity index (χ2v) is 10.8. The monoisotopic (exact) mass is 666 g/mol. The van der Waals surface area contributed by atoms with E-state index in [0.29, 0.717) is 65.2 Å². The summed E-state index contributed by atoms with van der Waals surface area (Å²) in [6.45, 7) is 10.5. The van der Waals surface area contributed by atoms with Crippen LogP contribution in [0.25, 0.3) is 0 Å². The summed E-state index contributed by atoms with van der Waals surface area (Å²) in [5.74, 6) is -2.07. The number of carbonyl (C=O) groups excluding carboxylic acids is 2. The molecule has 0 bridgehead atoms. The van der Waals surface area contributed by atoms with Gasteiger partial charge in [-0.25, -0.2) is 0 Å². The van der Waals surface area contributed by atoms with Gasteiger partial charge in [-0.05, 0) is 85.0 Å². The summed E-state index contributed by atoms with van der Waals surface area (Å²) in [5, 5.41) is 52.4. The molecule has 0 radical (unpaired) electrons. The van der Waals surface area contributed by atoms with Gasteiger partial charge in [0.15, 0.2) is 0 Å². The van der Waals surface area contributed by atoms with Gasteiger partial charge in [0.25, 0.3) is 0 Å². The molecule has 0 aliphatic heterocycles. The average Bonchev–Trinajstić information content (AvgIpc) is 2.94. The number of hydrogen-bond acceptors (Lipinski definition) is 10. The number of aliphatic hydroxyl groups excluding tert-OH is 2. The molecule has 0 rings (SSSR count). The number of rotatable bonds is 26. The first kappa shape index (κ1) is 47.9. The van der Waals surface area contributed by atoms with Gasteiger partial charge in [-0.1, -0.05) is 24.3 Å². The van der Waals surface area contributed by atoms with Crippen molar-refractivity contribution in [3.05, 3.63) is 24.3 Å².